The highest BCUT2D eigenvalue weighted by atomic mass is 79.9. The highest BCUT2D eigenvalue weighted by Crippen LogP contribution is 2.31. The number of nitrogens with zero attached hydrogens (tertiary/aromatic N) is 1. The first kappa shape index (κ1) is 28.7. The van der Waals surface area contributed by atoms with E-state index in [4.69, 9.17) is 9.47 Å². The minimum atomic E-state index is -0.586. The van der Waals surface area contributed by atoms with E-state index >= 15 is 0 Å². The number of unbranched alkanes of at least 4 members (excludes halogenated alkanes) is 1. The molecule has 35 heavy (non-hydrogen) atoms. The first-order valence-corrected chi connectivity index (χ1v) is 13.0. The van der Waals surface area contributed by atoms with Gasteiger partial charge in [-0.1, -0.05) is 59.2 Å². The van der Waals surface area contributed by atoms with Gasteiger partial charge in [-0.25, -0.2) is 0 Å². The molecule has 0 aliphatic carbocycles. The van der Waals surface area contributed by atoms with Crippen LogP contribution in [0.1, 0.15) is 65.0 Å². The van der Waals surface area contributed by atoms with E-state index < -0.39 is 6.04 Å². The molecule has 1 atom stereocenters. The van der Waals surface area contributed by atoms with Gasteiger partial charge in [0.05, 0.1) is 11.6 Å². The molecule has 0 aliphatic rings. The smallest absolute Gasteiger partial charge is 0.261 e. The zero-order valence-electron chi connectivity index (χ0n) is 21.8. The van der Waals surface area contributed by atoms with Crippen LogP contribution in [0.3, 0.4) is 0 Å². The summed E-state index contributed by atoms with van der Waals surface area (Å²) in [6.45, 7) is 11.2. The highest BCUT2D eigenvalue weighted by molar-refractivity contribution is 9.10. The molecule has 2 rings (SSSR count). The van der Waals surface area contributed by atoms with Crippen LogP contribution in [-0.2, 0) is 21.5 Å². The van der Waals surface area contributed by atoms with E-state index in [0.29, 0.717) is 25.3 Å². The lowest BCUT2D eigenvalue weighted by atomic mass is 9.87. The summed E-state index contributed by atoms with van der Waals surface area (Å²) in [7, 11) is 1.61. The zero-order chi connectivity index (χ0) is 26.0. The van der Waals surface area contributed by atoms with Crippen molar-refractivity contribution in [3.8, 4) is 11.5 Å². The van der Waals surface area contributed by atoms with Gasteiger partial charge in [0.1, 0.15) is 17.5 Å². The Morgan fingerprint density at radius 2 is 1.77 bits per heavy atom. The molecule has 0 bridgehead atoms. The van der Waals surface area contributed by atoms with Gasteiger partial charge >= 0.3 is 0 Å². The van der Waals surface area contributed by atoms with Gasteiger partial charge in [-0.15, -0.1) is 0 Å². The fourth-order valence-corrected chi connectivity index (χ4v) is 4.15. The van der Waals surface area contributed by atoms with E-state index in [1.807, 2.05) is 49.4 Å². The van der Waals surface area contributed by atoms with Crippen molar-refractivity contribution in [2.45, 2.75) is 71.9 Å². The molecule has 1 N–H and O–H groups in total. The molecule has 0 saturated carbocycles. The normalized spacial score (nSPS) is 12.1. The highest BCUT2D eigenvalue weighted by Gasteiger charge is 2.29. The number of hydrogen-bond acceptors (Lipinski definition) is 4. The second kappa shape index (κ2) is 13.5. The fourth-order valence-electron chi connectivity index (χ4n) is 3.66. The Morgan fingerprint density at radius 3 is 2.31 bits per heavy atom. The van der Waals surface area contributed by atoms with Gasteiger partial charge in [0, 0.05) is 13.1 Å². The third-order valence-electron chi connectivity index (χ3n) is 5.88. The third kappa shape index (κ3) is 8.57. The number of carbonyl (C=O) groups excluding carboxylic acids is 2. The fraction of sp³-hybridized carbons (Fsp3) is 0.500. The average Bonchev–Trinajstić information content (AvgIpc) is 2.82. The topological polar surface area (TPSA) is 67.9 Å². The van der Waals surface area contributed by atoms with E-state index in [1.54, 1.807) is 12.0 Å². The molecule has 0 aliphatic heterocycles. The van der Waals surface area contributed by atoms with Crippen LogP contribution < -0.4 is 14.8 Å². The number of methoxy groups -OCH3 is 1. The molecule has 0 fully saturated rings. The van der Waals surface area contributed by atoms with Crippen LogP contribution in [0, 0.1) is 0 Å². The van der Waals surface area contributed by atoms with Crippen LogP contribution in [0.2, 0.25) is 0 Å². The summed E-state index contributed by atoms with van der Waals surface area (Å²) in [5, 5.41) is 2.98. The van der Waals surface area contributed by atoms with Gasteiger partial charge in [0.25, 0.3) is 5.91 Å². The molecule has 0 heterocycles. The molecule has 0 spiro atoms. The molecule has 0 radical (unpaired) electrons. The van der Waals surface area contributed by atoms with Crippen LogP contribution in [0.4, 0.5) is 0 Å². The van der Waals surface area contributed by atoms with Crippen molar-refractivity contribution in [1.29, 1.82) is 0 Å². The predicted octanol–water partition coefficient (Wildman–Crippen LogP) is 5.86. The molecular formula is C28H39BrN2O4. The van der Waals surface area contributed by atoms with Crippen LogP contribution >= 0.6 is 15.9 Å². The summed E-state index contributed by atoms with van der Waals surface area (Å²) in [5.74, 6) is 0.947. The lowest BCUT2D eigenvalue weighted by molar-refractivity contribution is -0.143. The van der Waals surface area contributed by atoms with E-state index in [2.05, 4.69) is 48.9 Å². The monoisotopic (exact) mass is 546 g/mol. The van der Waals surface area contributed by atoms with Gasteiger partial charge in [-0.05, 0) is 69.6 Å². The number of hydrogen-bond donors (Lipinski definition) is 1. The average molecular weight is 548 g/mol. The Bertz CT molecular complexity index is 970. The van der Waals surface area contributed by atoms with Crippen LogP contribution in [0.25, 0.3) is 0 Å². The maximum Gasteiger partial charge on any atom is 0.261 e. The number of nitrogens with one attached hydrogen (secondary N) is 1. The Labute approximate surface area is 218 Å². The summed E-state index contributed by atoms with van der Waals surface area (Å²) < 4.78 is 11.9. The van der Waals surface area contributed by atoms with Gasteiger partial charge in [0.2, 0.25) is 5.91 Å². The molecule has 0 saturated heterocycles. The third-order valence-corrected chi connectivity index (χ3v) is 6.50. The summed E-state index contributed by atoms with van der Waals surface area (Å²) in [6.07, 6.45) is 2.39. The number of halogens is 1. The molecule has 7 heteroatoms. The number of carbonyl (C=O) groups is 2. The van der Waals surface area contributed by atoms with Gasteiger partial charge in [-0.3, -0.25) is 9.59 Å². The summed E-state index contributed by atoms with van der Waals surface area (Å²) >= 11 is 3.57. The lowest BCUT2D eigenvalue weighted by Gasteiger charge is -2.30. The van der Waals surface area contributed by atoms with Crippen molar-refractivity contribution in [3.63, 3.8) is 0 Å². The van der Waals surface area contributed by atoms with E-state index in [1.165, 1.54) is 5.56 Å². The van der Waals surface area contributed by atoms with Crippen molar-refractivity contribution in [3.05, 3.63) is 58.1 Å². The van der Waals surface area contributed by atoms with Gasteiger partial charge in [0.15, 0.2) is 6.61 Å². The molecular weight excluding hydrogens is 508 g/mol. The van der Waals surface area contributed by atoms with Gasteiger partial charge in [-0.2, -0.15) is 0 Å². The van der Waals surface area contributed by atoms with Gasteiger partial charge < -0.3 is 19.7 Å². The second-order valence-corrected chi connectivity index (χ2v) is 10.5. The molecule has 2 aromatic carbocycles. The minimum absolute atomic E-state index is 0.00547. The molecule has 2 aromatic rings. The Kier molecular flexibility index (Phi) is 11.1. The second-order valence-electron chi connectivity index (χ2n) is 9.62. The molecule has 192 valence electrons. The zero-order valence-corrected chi connectivity index (χ0v) is 23.4. The first-order chi connectivity index (χ1) is 16.6. The molecule has 6 nitrogen and oxygen atoms in total. The summed E-state index contributed by atoms with van der Waals surface area (Å²) in [4.78, 5) is 28.0. The summed E-state index contributed by atoms with van der Waals surface area (Å²) in [5.41, 5.74) is 2.08. The predicted molar refractivity (Wildman–Crippen MR) is 144 cm³/mol. The number of benzene rings is 2. The van der Waals surface area contributed by atoms with Crippen molar-refractivity contribution in [1.82, 2.24) is 10.2 Å². The Balaban J connectivity index is 2.21. The number of rotatable bonds is 12. The first-order valence-electron chi connectivity index (χ1n) is 12.2. The lowest BCUT2D eigenvalue weighted by Crippen LogP contribution is -2.50. The van der Waals surface area contributed by atoms with Crippen molar-refractivity contribution in [2.24, 2.45) is 0 Å². The van der Waals surface area contributed by atoms with E-state index in [-0.39, 0.29) is 23.8 Å². The maximum atomic E-state index is 13.4. The quantitative estimate of drug-likeness (QED) is 0.338. The summed E-state index contributed by atoms with van der Waals surface area (Å²) in [6, 6.07) is 12.8. The molecule has 0 aromatic heterocycles. The van der Waals surface area contributed by atoms with E-state index in [0.717, 1.165) is 28.6 Å². The Hall–Kier alpha value is -2.54. The Morgan fingerprint density at radius 1 is 1.09 bits per heavy atom. The standard InChI is InChI=1S/C28H39BrN2O4/c1-7-9-16-30-27(33)24(8-2)31(18-20-10-13-22(34-6)14-11-20)26(32)19-35-25-15-12-21(17-23(25)29)28(3,4)5/h10-15,17,24H,7-9,16,18-19H2,1-6H3,(H,30,33)/t24-/m1/s1. The van der Waals surface area contributed by atoms with Crippen LogP contribution in [0.5, 0.6) is 11.5 Å². The number of ether oxygens (including phenoxy) is 2. The van der Waals surface area contributed by atoms with Crippen molar-refractivity contribution in [2.75, 3.05) is 20.3 Å². The molecule has 2 amide bonds. The van der Waals surface area contributed by atoms with E-state index in [9.17, 15) is 9.59 Å². The minimum Gasteiger partial charge on any atom is -0.497 e. The van der Waals surface area contributed by atoms with Crippen LogP contribution in [-0.4, -0.2) is 43.0 Å². The van der Waals surface area contributed by atoms with Crippen LogP contribution in [0.15, 0.2) is 46.9 Å². The number of amides is 2. The maximum absolute atomic E-state index is 13.4. The van der Waals surface area contributed by atoms with Crippen molar-refractivity contribution >= 4 is 27.7 Å². The molecule has 0 unspecified atom stereocenters. The largest absolute Gasteiger partial charge is 0.497 e. The SMILES string of the molecule is CCCCNC(=O)[C@@H](CC)N(Cc1ccc(OC)cc1)C(=O)COc1ccc(C(C)(C)C)cc1Br. The van der Waals surface area contributed by atoms with Crippen molar-refractivity contribution < 1.29 is 19.1 Å².